The Morgan fingerprint density at radius 3 is 2.75 bits per heavy atom. The summed E-state index contributed by atoms with van der Waals surface area (Å²) in [6.07, 6.45) is 1.49. The Labute approximate surface area is 117 Å². The van der Waals surface area contributed by atoms with Gasteiger partial charge in [-0.3, -0.25) is 0 Å². The summed E-state index contributed by atoms with van der Waals surface area (Å²) in [6, 6.07) is 7.96. The molecule has 1 aromatic carbocycles. The Hall–Kier alpha value is -1.83. The van der Waals surface area contributed by atoms with Crippen molar-refractivity contribution in [1.82, 2.24) is 4.72 Å². The Bertz CT molecular complexity index is 666. The molecule has 7 heteroatoms. The third-order valence-electron chi connectivity index (χ3n) is 2.80. The Morgan fingerprint density at radius 1 is 1.35 bits per heavy atom. The fourth-order valence-corrected chi connectivity index (χ4v) is 2.79. The molecule has 0 radical (unpaired) electrons. The van der Waals surface area contributed by atoms with Gasteiger partial charge in [-0.25, -0.2) is 13.1 Å². The van der Waals surface area contributed by atoms with Crippen molar-refractivity contribution >= 4 is 10.0 Å². The van der Waals surface area contributed by atoms with Crippen LogP contribution >= 0.6 is 0 Å². The molecule has 0 amide bonds. The lowest BCUT2D eigenvalue weighted by atomic mass is 10.2. The number of methoxy groups -OCH3 is 1. The van der Waals surface area contributed by atoms with Crippen LogP contribution in [-0.2, 0) is 23.1 Å². The van der Waals surface area contributed by atoms with Crippen molar-refractivity contribution in [2.75, 3.05) is 7.11 Å². The summed E-state index contributed by atoms with van der Waals surface area (Å²) in [4.78, 5) is 0.144. The van der Waals surface area contributed by atoms with Crippen LogP contribution in [0.15, 0.2) is 45.9 Å². The summed E-state index contributed by atoms with van der Waals surface area (Å²) < 4.78 is 37.0. The number of nitrogens with one attached hydrogen (secondary N) is 1. The first-order valence-corrected chi connectivity index (χ1v) is 7.44. The molecule has 0 saturated carbocycles. The highest BCUT2D eigenvalue weighted by Gasteiger charge is 2.16. The van der Waals surface area contributed by atoms with Crippen molar-refractivity contribution in [3.8, 4) is 5.75 Å². The number of sulfonamides is 1. The SMILES string of the molecule is COc1ccc(S(=O)(=O)NCc2ccco2)cc1CN. The molecule has 0 atom stereocenters. The van der Waals surface area contributed by atoms with Gasteiger partial charge in [0.2, 0.25) is 10.0 Å². The van der Waals surface area contributed by atoms with E-state index in [1.165, 1.54) is 25.5 Å². The third-order valence-corrected chi connectivity index (χ3v) is 4.20. The van der Waals surface area contributed by atoms with Gasteiger partial charge < -0.3 is 14.9 Å². The second-order valence-corrected chi connectivity index (χ2v) is 5.85. The number of ether oxygens (including phenoxy) is 1. The van der Waals surface area contributed by atoms with E-state index in [4.69, 9.17) is 14.9 Å². The zero-order valence-electron chi connectivity index (χ0n) is 11.0. The molecule has 1 heterocycles. The van der Waals surface area contributed by atoms with Crippen molar-refractivity contribution in [2.45, 2.75) is 18.0 Å². The van der Waals surface area contributed by atoms with Gasteiger partial charge in [-0.2, -0.15) is 0 Å². The predicted octanol–water partition coefficient (Wildman–Crippen LogP) is 1.23. The molecule has 0 aliphatic carbocycles. The van der Waals surface area contributed by atoms with Gasteiger partial charge in [-0.15, -0.1) is 0 Å². The highest BCUT2D eigenvalue weighted by molar-refractivity contribution is 7.89. The van der Waals surface area contributed by atoms with Crippen LogP contribution in [0.25, 0.3) is 0 Å². The van der Waals surface area contributed by atoms with Gasteiger partial charge in [-0.1, -0.05) is 0 Å². The van der Waals surface area contributed by atoms with Gasteiger partial charge in [0.1, 0.15) is 11.5 Å². The fraction of sp³-hybridized carbons (Fsp3) is 0.231. The molecule has 1 aromatic heterocycles. The molecule has 108 valence electrons. The number of hydrogen-bond acceptors (Lipinski definition) is 5. The Balaban J connectivity index is 2.20. The molecule has 2 rings (SSSR count). The van der Waals surface area contributed by atoms with E-state index in [0.29, 0.717) is 17.1 Å². The number of rotatable bonds is 6. The molecular formula is C13H16N2O4S. The molecular weight excluding hydrogens is 280 g/mol. The minimum absolute atomic E-state index is 0.0965. The highest BCUT2D eigenvalue weighted by atomic mass is 32.2. The molecule has 0 bridgehead atoms. The van der Waals surface area contributed by atoms with E-state index >= 15 is 0 Å². The second-order valence-electron chi connectivity index (χ2n) is 4.08. The Kier molecular flexibility index (Phi) is 4.43. The molecule has 0 spiro atoms. The van der Waals surface area contributed by atoms with Crippen LogP contribution in [0.4, 0.5) is 0 Å². The molecule has 3 N–H and O–H groups in total. The lowest BCUT2D eigenvalue weighted by Crippen LogP contribution is -2.23. The predicted molar refractivity (Wildman–Crippen MR) is 73.6 cm³/mol. The van der Waals surface area contributed by atoms with E-state index in [0.717, 1.165) is 0 Å². The zero-order chi connectivity index (χ0) is 14.6. The lowest BCUT2D eigenvalue weighted by molar-refractivity contribution is 0.409. The maximum Gasteiger partial charge on any atom is 0.240 e. The van der Waals surface area contributed by atoms with Crippen molar-refractivity contribution in [3.05, 3.63) is 47.9 Å². The van der Waals surface area contributed by atoms with Crippen molar-refractivity contribution in [3.63, 3.8) is 0 Å². The summed E-state index contributed by atoms with van der Waals surface area (Å²) >= 11 is 0. The van der Waals surface area contributed by atoms with Gasteiger partial charge >= 0.3 is 0 Å². The fourth-order valence-electron chi connectivity index (χ4n) is 1.74. The minimum Gasteiger partial charge on any atom is -0.496 e. The summed E-state index contributed by atoms with van der Waals surface area (Å²) in [5.74, 6) is 1.11. The number of benzene rings is 1. The molecule has 0 fully saturated rings. The molecule has 20 heavy (non-hydrogen) atoms. The topological polar surface area (TPSA) is 94.6 Å². The van der Waals surface area contributed by atoms with Crippen LogP contribution in [0.2, 0.25) is 0 Å². The van der Waals surface area contributed by atoms with E-state index < -0.39 is 10.0 Å². The Morgan fingerprint density at radius 2 is 2.15 bits per heavy atom. The van der Waals surface area contributed by atoms with E-state index in [1.54, 1.807) is 18.2 Å². The first-order valence-electron chi connectivity index (χ1n) is 5.96. The average Bonchev–Trinajstić information content (AvgIpc) is 2.97. The average molecular weight is 296 g/mol. The summed E-state index contributed by atoms with van der Waals surface area (Å²) in [5, 5.41) is 0. The molecule has 2 aromatic rings. The van der Waals surface area contributed by atoms with Gasteiger partial charge in [0.25, 0.3) is 0 Å². The molecule has 0 aliphatic rings. The van der Waals surface area contributed by atoms with Gasteiger partial charge in [-0.05, 0) is 30.3 Å². The maximum absolute atomic E-state index is 12.2. The van der Waals surface area contributed by atoms with Gasteiger partial charge in [0, 0.05) is 12.1 Å². The van der Waals surface area contributed by atoms with Gasteiger partial charge in [0.05, 0.1) is 24.8 Å². The van der Waals surface area contributed by atoms with E-state index in [9.17, 15) is 8.42 Å². The molecule has 0 saturated heterocycles. The normalized spacial score (nSPS) is 11.5. The van der Waals surface area contributed by atoms with Crippen LogP contribution in [0, 0.1) is 0 Å². The van der Waals surface area contributed by atoms with Gasteiger partial charge in [0.15, 0.2) is 0 Å². The summed E-state index contributed by atoms with van der Waals surface area (Å²) in [6.45, 7) is 0.296. The largest absolute Gasteiger partial charge is 0.496 e. The maximum atomic E-state index is 12.2. The molecule has 0 unspecified atom stereocenters. The monoisotopic (exact) mass is 296 g/mol. The zero-order valence-corrected chi connectivity index (χ0v) is 11.8. The van der Waals surface area contributed by atoms with Crippen molar-refractivity contribution < 1.29 is 17.6 Å². The first-order chi connectivity index (χ1) is 9.56. The summed E-state index contributed by atoms with van der Waals surface area (Å²) in [7, 11) is -2.10. The van der Waals surface area contributed by atoms with Crippen LogP contribution in [0.3, 0.4) is 0 Å². The van der Waals surface area contributed by atoms with E-state index in [2.05, 4.69) is 4.72 Å². The number of furan rings is 1. The molecule has 6 nitrogen and oxygen atoms in total. The smallest absolute Gasteiger partial charge is 0.240 e. The number of nitrogens with two attached hydrogens (primary N) is 1. The highest BCUT2D eigenvalue weighted by Crippen LogP contribution is 2.22. The number of hydrogen-bond donors (Lipinski definition) is 2. The quantitative estimate of drug-likeness (QED) is 0.836. The van der Waals surface area contributed by atoms with Crippen LogP contribution in [-0.4, -0.2) is 15.5 Å². The van der Waals surface area contributed by atoms with Crippen LogP contribution in [0.5, 0.6) is 5.75 Å². The van der Waals surface area contributed by atoms with E-state index in [1.807, 2.05) is 0 Å². The summed E-state index contributed by atoms with van der Waals surface area (Å²) in [5.41, 5.74) is 6.21. The van der Waals surface area contributed by atoms with Crippen molar-refractivity contribution in [1.29, 1.82) is 0 Å². The third kappa shape index (κ3) is 3.19. The van der Waals surface area contributed by atoms with Crippen molar-refractivity contribution in [2.24, 2.45) is 5.73 Å². The second kappa shape index (κ2) is 6.08. The van der Waals surface area contributed by atoms with E-state index in [-0.39, 0.29) is 18.0 Å². The molecule has 0 aliphatic heterocycles. The lowest BCUT2D eigenvalue weighted by Gasteiger charge is -2.10. The van der Waals surface area contributed by atoms with Crippen LogP contribution in [0.1, 0.15) is 11.3 Å². The minimum atomic E-state index is -3.62. The standard InChI is InChI=1S/C13H16N2O4S/c1-18-13-5-4-12(7-10(13)8-14)20(16,17)15-9-11-3-2-6-19-11/h2-7,15H,8-9,14H2,1H3. The first kappa shape index (κ1) is 14.6. The van der Waals surface area contributed by atoms with Crippen LogP contribution < -0.4 is 15.2 Å².